The van der Waals surface area contributed by atoms with Gasteiger partial charge in [-0.05, 0) is 31.2 Å². The van der Waals surface area contributed by atoms with Crippen LogP contribution in [0.4, 0.5) is 5.13 Å². The molecule has 0 atom stereocenters. The Kier molecular flexibility index (Phi) is 6.03. The highest BCUT2D eigenvalue weighted by molar-refractivity contribution is 7.89. The minimum Gasteiger partial charge on any atom is -0.301 e. The zero-order valence-corrected chi connectivity index (χ0v) is 15.4. The molecule has 0 spiro atoms. The normalized spacial score (nSPS) is 11.7. The Labute approximate surface area is 145 Å². The van der Waals surface area contributed by atoms with Gasteiger partial charge in [-0.15, -0.1) is 10.2 Å². The minimum atomic E-state index is -3.43. The van der Waals surface area contributed by atoms with Crippen LogP contribution in [-0.2, 0) is 21.2 Å². The lowest BCUT2D eigenvalue weighted by Gasteiger charge is -2.05. The number of carbonyl (C=O) groups is 1. The summed E-state index contributed by atoms with van der Waals surface area (Å²) in [5.41, 5.74) is 0.889. The van der Waals surface area contributed by atoms with E-state index in [0.29, 0.717) is 11.6 Å². The van der Waals surface area contributed by atoms with E-state index in [1.165, 1.54) is 30.5 Å². The molecule has 0 fully saturated rings. The molecule has 1 aromatic carbocycles. The van der Waals surface area contributed by atoms with Crippen molar-refractivity contribution in [2.75, 3.05) is 12.4 Å². The Morgan fingerprint density at radius 2 is 1.88 bits per heavy atom. The fourth-order valence-electron chi connectivity index (χ4n) is 1.91. The monoisotopic (exact) mass is 368 g/mol. The van der Waals surface area contributed by atoms with Crippen molar-refractivity contribution in [3.63, 3.8) is 0 Å². The number of aryl methyl sites for hydroxylation is 1. The van der Waals surface area contributed by atoms with Crippen molar-refractivity contribution in [3.05, 3.63) is 34.8 Å². The van der Waals surface area contributed by atoms with E-state index < -0.39 is 10.0 Å². The molecule has 0 saturated heterocycles. The van der Waals surface area contributed by atoms with Gasteiger partial charge in [-0.2, -0.15) is 0 Å². The van der Waals surface area contributed by atoms with E-state index in [1.807, 2.05) is 13.8 Å². The van der Waals surface area contributed by atoms with Crippen molar-refractivity contribution < 1.29 is 13.2 Å². The van der Waals surface area contributed by atoms with E-state index in [0.717, 1.165) is 10.6 Å². The predicted molar refractivity (Wildman–Crippen MR) is 93.6 cm³/mol. The number of sulfonamides is 1. The average Bonchev–Trinajstić information content (AvgIpc) is 3.02. The summed E-state index contributed by atoms with van der Waals surface area (Å²) in [6.45, 7) is 4.04. The van der Waals surface area contributed by atoms with Crippen molar-refractivity contribution >= 4 is 32.4 Å². The first kappa shape index (κ1) is 18.5. The molecular formula is C15H20N4O3S2. The summed E-state index contributed by atoms with van der Waals surface area (Å²) < 4.78 is 25.5. The van der Waals surface area contributed by atoms with Crippen LogP contribution in [0.25, 0.3) is 0 Å². The Morgan fingerprint density at radius 1 is 1.21 bits per heavy atom. The van der Waals surface area contributed by atoms with Gasteiger partial charge in [0.1, 0.15) is 5.01 Å². The van der Waals surface area contributed by atoms with Crippen LogP contribution in [-0.4, -0.2) is 31.6 Å². The highest BCUT2D eigenvalue weighted by Gasteiger charge is 2.12. The van der Waals surface area contributed by atoms with Crippen LogP contribution in [0.5, 0.6) is 0 Å². The molecule has 2 aromatic rings. The van der Waals surface area contributed by atoms with Gasteiger partial charge in [0.05, 0.1) is 4.90 Å². The van der Waals surface area contributed by atoms with E-state index in [9.17, 15) is 13.2 Å². The summed E-state index contributed by atoms with van der Waals surface area (Å²) in [6, 6.07) is 6.47. The molecule has 130 valence electrons. The number of benzene rings is 1. The number of nitrogens with zero attached hydrogens (tertiary/aromatic N) is 2. The van der Waals surface area contributed by atoms with E-state index in [1.54, 1.807) is 12.1 Å². The molecule has 2 N–H and O–H groups in total. The summed E-state index contributed by atoms with van der Waals surface area (Å²) in [7, 11) is -2.07. The molecule has 24 heavy (non-hydrogen) atoms. The summed E-state index contributed by atoms with van der Waals surface area (Å²) in [6.07, 6.45) is 0.802. The summed E-state index contributed by atoms with van der Waals surface area (Å²) >= 11 is 1.37. The number of carbonyl (C=O) groups excluding carboxylic acids is 1. The Hall–Kier alpha value is -1.84. The molecule has 1 amide bonds. The maximum atomic E-state index is 12.0. The molecule has 0 aliphatic rings. The highest BCUT2D eigenvalue weighted by atomic mass is 32.2. The standard InChI is InChI=1S/C15H20N4O3S2/c1-10(2)14-18-19-15(23-14)17-13(20)9-6-11-4-7-12(8-5-11)24(21,22)16-3/h4-5,7-8,10,16H,6,9H2,1-3H3,(H,17,19,20). The fourth-order valence-corrected chi connectivity index (χ4v) is 3.40. The maximum Gasteiger partial charge on any atom is 0.240 e. The van der Waals surface area contributed by atoms with Crippen LogP contribution >= 0.6 is 11.3 Å². The van der Waals surface area contributed by atoms with Gasteiger partial charge in [0.15, 0.2) is 0 Å². The van der Waals surface area contributed by atoms with Gasteiger partial charge in [0.25, 0.3) is 0 Å². The fraction of sp³-hybridized carbons (Fsp3) is 0.400. The molecule has 0 bridgehead atoms. The number of aromatic nitrogens is 2. The van der Waals surface area contributed by atoms with Crippen LogP contribution in [0.15, 0.2) is 29.2 Å². The third-order valence-corrected chi connectivity index (χ3v) is 5.89. The predicted octanol–water partition coefficient (Wildman–Crippen LogP) is 2.14. The second kappa shape index (κ2) is 7.82. The molecule has 9 heteroatoms. The highest BCUT2D eigenvalue weighted by Crippen LogP contribution is 2.22. The van der Waals surface area contributed by atoms with Gasteiger partial charge in [0, 0.05) is 12.3 Å². The van der Waals surface area contributed by atoms with Crippen LogP contribution in [0.3, 0.4) is 0 Å². The zero-order chi connectivity index (χ0) is 17.7. The van der Waals surface area contributed by atoms with Gasteiger partial charge >= 0.3 is 0 Å². The Balaban J connectivity index is 1.89. The topological polar surface area (TPSA) is 101 Å². The largest absolute Gasteiger partial charge is 0.301 e. The number of anilines is 1. The molecule has 0 radical (unpaired) electrons. The lowest BCUT2D eigenvalue weighted by molar-refractivity contribution is -0.116. The van der Waals surface area contributed by atoms with Crippen molar-refractivity contribution in [3.8, 4) is 0 Å². The van der Waals surface area contributed by atoms with Crippen LogP contribution < -0.4 is 10.0 Å². The minimum absolute atomic E-state index is 0.145. The van der Waals surface area contributed by atoms with Gasteiger partial charge in [0.2, 0.25) is 21.1 Å². The van der Waals surface area contributed by atoms with Crippen LogP contribution in [0.2, 0.25) is 0 Å². The van der Waals surface area contributed by atoms with E-state index >= 15 is 0 Å². The number of nitrogens with one attached hydrogen (secondary N) is 2. The van der Waals surface area contributed by atoms with Crippen molar-refractivity contribution in [2.45, 2.75) is 37.5 Å². The van der Waals surface area contributed by atoms with Crippen LogP contribution in [0.1, 0.15) is 36.8 Å². The molecule has 0 saturated carbocycles. The van der Waals surface area contributed by atoms with Gasteiger partial charge < -0.3 is 5.32 Å². The molecule has 7 nitrogen and oxygen atoms in total. The van der Waals surface area contributed by atoms with E-state index in [2.05, 4.69) is 20.2 Å². The van der Waals surface area contributed by atoms with E-state index in [-0.39, 0.29) is 23.1 Å². The average molecular weight is 368 g/mol. The summed E-state index contributed by atoms with van der Waals surface area (Å²) in [5, 5.41) is 12.1. The summed E-state index contributed by atoms with van der Waals surface area (Å²) in [4.78, 5) is 12.2. The quantitative estimate of drug-likeness (QED) is 0.780. The van der Waals surface area contributed by atoms with Gasteiger partial charge in [-0.1, -0.05) is 37.3 Å². The molecule has 1 aromatic heterocycles. The molecule has 0 aliphatic carbocycles. The smallest absolute Gasteiger partial charge is 0.240 e. The third kappa shape index (κ3) is 4.83. The first-order valence-electron chi connectivity index (χ1n) is 7.47. The van der Waals surface area contributed by atoms with Gasteiger partial charge in [-0.25, -0.2) is 13.1 Å². The lowest BCUT2D eigenvalue weighted by atomic mass is 10.1. The number of rotatable bonds is 7. The third-order valence-electron chi connectivity index (χ3n) is 3.32. The number of amides is 1. The van der Waals surface area contributed by atoms with Crippen molar-refractivity contribution in [2.24, 2.45) is 0 Å². The van der Waals surface area contributed by atoms with E-state index in [4.69, 9.17) is 0 Å². The maximum absolute atomic E-state index is 12.0. The molecule has 1 heterocycles. The Bertz CT molecular complexity index is 798. The molecular weight excluding hydrogens is 348 g/mol. The molecule has 0 aliphatic heterocycles. The number of hydrogen-bond donors (Lipinski definition) is 2. The van der Waals surface area contributed by atoms with Gasteiger partial charge in [-0.3, -0.25) is 4.79 Å². The first-order valence-corrected chi connectivity index (χ1v) is 9.77. The molecule has 2 rings (SSSR count). The van der Waals surface area contributed by atoms with Crippen LogP contribution in [0, 0.1) is 0 Å². The SMILES string of the molecule is CNS(=O)(=O)c1ccc(CCC(=O)Nc2nnc(C(C)C)s2)cc1. The molecule has 0 unspecified atom stereocenters. The summed E-state index contributed by atoms with van der Waals surface area (Å²) in [5.74, 6) is 0.133. The first-order chi connectivity index (χ1) is 11.3. The number of hydrogen-bond acceptors (Lipinski definition) is 6. The second-order valence-corrected chi connectivity index (χ2v) is 8.40. The second-order valence-electron chi connectivity index (χ2n) is 5.50. The lowest BCUT2D eigenvalue weighted by Crippen LogP contribution is -2.18. The Morgan fingerprint density at radius 3 is 2.42 bits per heavy atom. The van der Waals surface area contributed by atoms with Crippen molar-refractivity contribution in [1.82, 2.24) is 14.9 Å². The van der Waals surface area contributed by atoms with Crippen molar-refractivity contribution in [1.29, 1.82) is 0 Å². The zero-order valence-electron chi connectivity index (χ0n) is 13.7.